The molecule has 0 aromatic rings. The molecule has 2 heteroatoms. The topological polar surface area (TPSA) is 17.1 Å². The number of thioether (sulfide) groups is 1. The van der Waals surface area contributed by atoms with Crippen molar-refractivity contribution in [2.75, 3.05) is 0 Å². The Morgan fingerprint density at radius 1 is 1.18 bits per heavy atom. The van der Waals surface area contributed by atoms with Crippen molar-refractivity contribution in [3.05, 3.63) is 23.0 Å². The Hall–Kier alpha value is -0.500. The maximum Gasteiger partial charge on any atom is 0.165 e. The first-order valence-electron chi connectivity index (χ1n) is 3.57. The predicted octanol–water partition coefficient (Wildman–Crippen LogP) is 3.38. The van der Waals surface area contributed by atoms with E-state index in [2.05, 4.69) is 13.2 Å². The van der Waals surface area contributed by atoms with Crippen molar-refractivity contribution in [2.45, 2.75) is 27.7 Å². The molecule has 11 heavy (non-hydrogen) atoms. The molecule has 0 bridgehead atoms. The van der Waals surface area contributed by atoms with Gasteiger partial charge in [-0.25, -0.2) is 0 Å². The van der Waals surface area contributed by atoms with Gasteiger partial charge in [-0.3, -0.25) is 4.79 Å². The molecule has 0 saturated heterocycles. The second-order valence-electron chi connectivity index (χ2n) is 1.78. The summed E-state index contributed by atoms with van der Waals surface area (Å²) in [7, 11) is 0. The highest BCUT2D eigenvalue weighted by Gasteiger charge is 1.99. The molecule has 0 N–H and O–H groups in total. The third-order valence-electron chi connectivity index (χ3n) is 0.690. The molecule has 0 fully saturated rings. The maximum atomic E-state index is 10.5. The molecule has 64 valence electrons. The van der Waals surface area contributed by atoms with Crippen LogP contribution in [0.3, 0.4) is 0 Å². The highest BCUT2D eigenvalue weighted by atomic mass is 32.2. The van der Waals surface area contributed by atoms with Gasteiger partial charge in [-0.2, -0.15) is 0 Å². The van der Waals surface area contributed by atoms with Crippen LogP contribution in [0.25, 0.3) is 0 Å². The summed E-state index contributed by atoms with van der Waals surface area (Å²) in [5, 5.41) is 0. The van der Waals surface area contributed by atoms with E-state index in [9.17, 15) is 4.79 Å². The fraction of sp³-hybridized carbons (Fsp3) is 0.444. The van der Waals surface area contributed by atoms with Crippen molar-refractivity contribution in [2.24, 2.45) is 0 Å². The van der Waals surface area contributed by atoms with E-state index in [-0.39, 0.29) is 5.78 Å². The SMILES string of the molecule is C=C(C)SC(=C)C(C)=O.CC. The third-order valence-corrected chi connectivity index (χ3v) is 1.57. The Bertz CT molecular complexity index is 159. The van der Waals surface area contributed by atoms with Gasteiger partial charge in [-0.15, -0.1) is 0 Å². The number of hydrogen-bond donors (Lipinski definition) is 0. The lowest BCUT2D eigenvalue weighted by molar-refractivity contribution is -0.112. The minimum Gasteiger partial charge on any atom is -0.294 e. The Morgan fingerprint density at radius 3 is 1.64 bits per heavy atom. The lowest BCUT2D eigenvalue weighted by Crippen LogP contribution is -1.88. The van der Waals surface area contributed by atoms with E-state index in [0.717, 1.165) is 4.91 Å². The van der Waals surface area contributed by atoms with Crippen molar-refractivity contribution >= 4 is 17.5 Å². The fourth-order valence-electron chi connectivity index (χ4n) is 0.282. The van der Waals surface area contributed by atoms with E-state index in [1.165, 1.54) is 18.7 Å². The monoisotopic (exact) mass is 172 g/mol. The van der Waals surface area contributed by atoms with Crippen LogP contribution in [0.2, 0.25) is 0 Å². The predicted molar refractivity (Wildman–Crippen MR) is 53.6 cm³/mol. The minimum atomic E-state index is 0.0167. The number of ketones is 1. The third kappa shape index (κ3) is 9.50. The quantitative estimate of drug-likeness (QED) is 0.607. The van der Waals surface area contributed by atoms with Crippen LogP contribution < -0.4 is 0 Å². The number of hydrogen-bond acceptors (Lipinski definition) is 2. The minimum absolute atomic E-state index is 0.0167. The first-order chi connectivity index (χ1) is 5.04. The highest BCUT2D eigenvalue weighted by Crippen LogP contribution is 2.21. The van der Waals surface area contributed by atoms with Gasteiger partial charge in [0, 0.05) is 4.91 Å². The van der Waals surface area contributed by atoms with Crippen LogP contribution in [-0.4, -0.2) is 5.78 Å². The van der Waals surface area contributed by atoms with E-state index in [1.807, 2.05) is 20.8 Å². The number of carbonyl (C=O) groups excluding carboxylic acids is 1. The van der Waals surface area contributed by atoms with E-state index >= 15 is 0 Å². The van der Waals surface area contributed by atoms with Crippen molar-refractivity contribution < 1.29 is 4.79 Å². The van der Waals surface area contributed by atoms with E-state index in [4.69, 9.17) is 0 Å². The standard InChI is InChI=1S/C7H10OS.C2H6/c1-5(2)9-7(4)6(3)8;1-2/h1,4H2,2-3H3;1-2H3. The van der Waals surface area contributed by atoms with Gasteiger partial charge in [0.25, 0.3) is 0 Å². The Balaban J connectivity index is 0. The van der Waals surface area contributed by atoms with Crippen LogP contribution in [0.15, 0.2) is 23.0 Å². The molecule has 0 aromatic heterocycles. The molecule has 1 nitrogen and oxygen atoms in total. The lowest BCUT2D eigenvalue weighted by atomic mass is 10.4. The number of Topliss-reactive ketones (excluding diaryl/α,β-unsaturated/α-hetero) is 1. The maximum absolute atomic E-state index is 10.5. The number of rotatable bonds is 3. The lowest BCUT2D eigenvalue weighted by Gasteiger charge is -1.96. The van der Waals surface area contributed by atoms with Crippen molar-refractivity contribution in [1.82, 2.24) is 0 Å². The molecule has 0 unspecified atom stereocenters. The van der Waals surface area contributed by atoms with Crippen LogP contribution in [0, 0.1) is 0 Å². The largest absolute Gasteiger partial charge is 0.294 e. The molecule has 0 heterocycles. The first-order valence-corrected chi connectivity index (χ1v) is 4.39. The zero-order chi connectivity index (χ0) is 9.44. The van der Waals surface area contributed by atoms with Crippen molar-refractivity contribution in [1.29, 1.82) is 0 Å². The van der Waals surface area contributed by atoms with E-state index in [0.29, 0.717) is 4.91 Å². The molecule has 0 aromatic carbocycles. The van der Waals surface area contributed by atoms with Gasteiger partial charge < -0.3 is 0 Å². The van der Waals surface area contributed by atoms with Crippen LogP contribution in [-0.2, 0) is 4.79 Å². The molecular weight excluding hydrogens is 156 g/mol. The fourth-order valence-corrected chi connectivity index (χ4v) is 0.847. The molecule has 0 aliphatic rings. The van der Waals surface area contributed by atoms with Crippen LogP contribution in [0.1, 0.15) is 27.7 Å². The van der Waals surface area contributed by atoms with Gasteiger partial charge >= 0.3 is 0 Å². The van der Waals surface area contributed by atoms with Crippen LogP contribution in [0.5, 0.6) is 0 Å². The van der Waals surface area contributed by atoms with Gasteiger partial charge in [-0.05, 0) is 18.8 Å². The van der Waals surface area contributed by atoms with Crippen molar-refractivity contribution in [3.8, 4) is 0 Å². The second-order valence-corrected chi connectivity index (χ2v) is 3.18. The zero-order valence-electron chi connectivity index (χ0n) is 7.73. The van der Waals surface area contributed by atoms with Gasteiger partial charge in [0.1, 0.15) is 0 Å². The normalized spacial score (nSPS) is 7.64. The molecule has 0 saturated carbocycles. The Morgan fingerprint density at radius 2 is 1.55 bits per heavy atom. The average Bonchev–Trinajstić information content (AvgIpc) is 1.90. The van der Waals surface area contributed by atoms with Gasteiger partial charge in [-0.1, -0.05) is 38.8 Å². The van der Waals surface area contributed by atoms with Gasteiger partial charge in [0.2, 0.25) is 0 Å². The summed E-state index contributed by atoms with van der Waals surface area (Å²) < 4.78 is 0. The van der Waals surface area contributed by atoms with Crippen LogP contribution in [0.4, 0.5) is 0 Å². The molecule has 0 radical (unpaired) electrons. The molecule has 0 spiro atoms. The summed E-state index contributed by atoms with van der Waals surface area (Å²) in [6.45, 7) is 14.5. The summed E-state index contributed by atoms with van der Waals surface area (Å²) in [4.78, 5) is 12.0. The smallest absolute Gasteiger partial charge is 0.165 e. The van der Waals surface area contributed by atoms with E-state index < -0.39 is 0 Å². The summed E-state index contributed by atoms with van der Waals surface area (Å²) in [6.07, 6.45) is 0. The summed E-state index contributed by atoms with van der Waals surface area (Å²) in [5.41, 5.74) is 0. The van der Waals surface area contributed by atoms with Crippen LogP contribution >= 0.6 is 11.8 Å². The molecule has 0 aliphatic heterocycles. The molecule has 0 atom stereocenters. The highest BCUT2D eigenvalue weighted by molar-refractivity contribution is 8.07. The molecular formula is C9H16OS. The molecule has 0 aliphatic carbocycles. The van der Waals surface area contributed by atoms with Gasteiger partial charge in [0.15, 0.2) is 5.78 Å². The number of allylic oxidation sites excluding steroid dienone is 2. The Labute approximate surface area is 73.6 Å². The Kier molecular flexibility index (Phi) is 9.07. The summed E-state index contributed by atoms with van der Waals surface area (Å²) >= 11 is 1.32. The second kappa shape index (κ2) is 7.61. The average molecular weight is 172 g/mol. The van der Waals surface area contributed by atoms with E-state index in [1.54, 1.807) is 0 Å². The zero-order valence-corrected chi connectivity index (χ0v) is 8.55. The molecule has 0 amide bonds. The number of carbonyl (C=O) groups is 1. The summed E-state index contributed by atoms with van der Waals surface area (Å²) in [5.74, 6) is 0.0167. The first kappa shape index (κ1) is 13.1. The summed E-state index contributed by atoms with van der Waals surface area (Å²) in [6, 6.07) is 0. The van der Waals surface area contributed by atoms with Crippen molar-refractivity contribution in [3.63, 3.8) is 0 Å². The molecule has 0 rings (SSSR count). The van der Waals surface area contributed by atoms with Gasteiger partial charge in [0.05, 0.1) is 0 Å².